The van der Waals surface area contributed by atoms with Crippen molar-refractivity contribution in [1.82, 2.24) is 9.97 Å². The summed E-state index contributed by atoms with van der Waals surface area (Å²) in [5.41, 5.74) is 13.4. The molecule has 1 aliphatic heterocycles. The van der Waals surface area contributed by atoms with Crippen molar-refractivity contribution in [3.63, 3.8) is 0 Å². The molecule has 0 amide bonds. The van der Waals surface area contributed by atoms with Crippen LogP contribution in [0.5, 0.6) is 0 Å². The largest absolute Gasteiger partial charge is 0.399 e. The molecule has 0 aliphatic carbocycles. The number of nitrogens with one attached hydrogen (secondary N) is 1. The van der Waals surface area contributed by atoms with Crippen LogP contribution in [0.3, 0.4) is 0 Å². The zero-order valence-corrected chi connectivity index (χ0v) is 15.5. The number of aromatic nitrogens is 2. The van der Waals surface area contributed by atoms with Gasteiger partial charge in [-0.1, -0.05) is 12.1 Å². The number of rotatable bonds is 3. The second-order valence-corrected chi connectivity index (χ2v) is 7.10. The summed E-state index contributed by atoms with van der Waals surface area (Å²) in [5.74, 6) is -0.0738. The topological polar surface area (TPSA) is 84.1 Å². The summed E-state index contributed by atoms with van der Waals surface area (Å²) in [5, 5.41) is 4.23. The first-order valence-electron chi connectivity index (χ1n) is 8.66. The first-order valence-corrected chi connectivity index (χ1v) is 9.49. The molecule has 0 radical (unpaired) electrons. The summed E-state index contributed by atoms with van der Waals surface area (Å²) in [6.45, 7) is 0. The van der Waals surface area contributed by atoms with Crippen LogP contribution in [0.2, 0.25) is 0 Å². The Morgan fingerprint density at radius 3 is 2.93 bits per heavy atom. The van der Waals surface area contributed by atoms with Gasteiger partial charge in [-0.05, 0) is 42.0 Å². The highest BCUT2D eigenvalue weighted by molar-refractivity contribution is 8.00. The Balaban J connectivity index is 1.62. The van der Waals surface area contributed by atoms with Crippen LogP contribution in [0.25, 0.3) is 27.9 Å². The predicted octanol–water partition coefficient (Wildman–Crippen LogP) is 3.22. The van der Waals surface area contributed by atoms with Crippen molar-refractivity contribution in [3.8, 4) is 11.1 Å². The van der Waals surface area contributed by atoms with Gasteiger partial charge in [0.1, 0.15) is 5.65 Å². The fraction of sp³-hybridized carbons (Fsp3) is 0. The Hall–Kier alpha value is -3.60. The number of nitrogens with zero attached hydrogens (tertiary/aromatic N) is 2. The molecule has 3 heterocycles. The molecule has 28 heavy (non-hydrogen) atoms. The van der Waals surface area contributed by atoms with E-state index >= 15 is 0 Å². The molecule has 2 aromatic carbocycles. The van der Waals surface area contributed by atoms with Gasteiger partial charge in [-0.15, -0.1) is 5.73 Å². The Morgan fingerprint density at radius 2 is 2.04 bits per heavy atom. The lowest BCUT2D eigenvalue weighted by Crippen LogP contribution is -2.25. The predicted molar refractivity (Wildman–Crippen MR) is 112 cm³/mol. The fourth-order valence-corrected chi connectivity index (χ4v) is 3.76. The lowest BCUT2D eigenvalue weighted by Gasteiger charge is -2.04. The summed E-state index contributed by atoms with van der Waals surface area (Å²) in [4.78, 5) is 20.7. The third-order valence-corrected chi connectivity index (χ3v) is 5.20. The smallest absolute Gasteiger partial charge is 0.195 e. The Kier molecular flexibility index (Phi) is 3.86. The summed E-state index contributed by atoms with van der Waals surface area (Å²) >= 11 is 1.31. The molecule has 0 atom stereocenters. The first kappa shape index (κ1) is 16.6. The van der Waals surface area contributed by atoms with Gasteiger partial charge in [0.05, 0.1) is 5.36 Å². The van der Waals surface area contributed by atoms with Crippen molar-refractivity contribution in [1.29, 1.82) is 0 Å². The number of benzene rings is 2. The second-order valence-electron chi connectivity index (χ2n) is 6.47. The first-order chi connectivity index (χ1) is 13.7. The molecule has 5 rings (SSSR count). The van der Waals surface area contributed by atoms with E-state index in [1.165, 1.54) is 11.9 Å². The average molecular weight is 382 g/mol. The van der Waals surface area contributed by atoms with Gasteiger partial charge in [-0.2, -0.15) is 0 Å². The zero-order valence-electron chi connectivity index (χ0n) is 14.6. The number of nitrogens with two attached hydrogens (primary N) is 1. The average Bonchev–Trinajstić information content (AvgIpc) is 3.16. The van der Waals surface area contributed by atoms with E-state index in [-0.39, 0.29) is 5.78 Å². The highest BCUT2D eigenvalue weighted by Gasteiger charge is 2.16. The number of aromatic amines is 1. The fourth-order valence-electron chi connectivity index (χ4n) is 3.27. The van der Waals surface area contributed by atoms with Gasteiger partial charge < -0.3 is 10.7 Å². The van der Waals surface area contributed by atoms with Crippen molar-refractivity contribution in [2.45, 2.75) is 0 Å². The monoisotopic (exact) mass is 382 g/mol. The van der Waals surface area contributed by atoms with E-state index in [1.54, 1.807) is 23.9 Å². The molecule has 2 aromatic heterocycles. The number of nitrogen functional groups attached to an aromatic ring is 1. The van der Waals surface area contributed by atoms with Gasteiger partial charge in [0.25, 0.3) is 0 Å². The molecule has 0 saturated heterocycles. The van der Waals surface area contributed by atoms with Gasteiger partial charge in [0.2, 0.25) is 0 Å². The van der Waals surface area contributed by atoms with Gasteiger partial charge >= 0.3 is 0 Å². The second kappa shape index (κ2) is 6.53. The summed E-state index contributed by atoms with van der Waals surface area (Å²) in [6.07, 6.45) is 3.49. The van der Waals surface area contributed by atoms with Gasteiger partial charge in [0, 0.05) is 62.7 Å². The number of H-pyrrole nitrogens is 1. The molecule has 3 N–H and O–H groups in total. The number of carbonyl (C=O) groups is 1. The van der Waals surface area contributed by atoms with Crippen LogP contribution < -0.4 is 16.3 Å². The molecular formula is C22H14N4OS. The summed E-state index contributed by atoms with van der Waals surface area (Å²) in [7, 11) is 0. The standard InChI is InChI=1S/C22H14N4OS/c23-17-3-1-2-14(8-17)16-9-18-19(12-25-22(18)24-11-16)21(27)15-5-4-13-6-7-28-26-20(13)10-15/h1-5,7-12H,23H2,(H,24,25). The molecule has 1 aliphatic rings. The van der Waals surface area contributed by atoms with Crippen LogP contribution in [0.4, 0.5) is 5.69 Å². The van der Waals surface area contributed by atoms with Crippen molar-refractivity contribution < 1.29 is 4.79 Å². The number of anilines is 1. The number of fused-ring (bicyclic) bond motifs is 2. The molecule has 4 aromatic rings. The lowest BCUT2D eigenvalue weighted by molar-refractivity contribution is 0.104. The molecule has 0 bridgehead atoms. The van der Waals surface area contributed by atoms with E-state index in [0.717, 1.165) is 27.1 Å². The van der Waals surface area contributed by atoms with Crippen LogP contribution in [0, 0.1) is 0 Å². The number of pyridine rings is 1. The Labute approximate surface area is 164 Å². The quantitative estimate of drug-likeness (QED) is 0.324. The van der Waals surface area contributed by atoms with E-state index in [9.17, 15) is 4.79 Å². The SMILES string of the molecule is Nc1cccc(-c2cnc3[nH]cc(C(=O)c4ccc5c(c4)=NSC=C=5)c3c2)c1. The van der Waals surface area contributed by atoms with E-state index < -0.39 is 0 Å². The van der Waals surface area contributed by atoms with Gasteiger partial charge in [0.15, 0.2) is 5.78 Å². The minimum atomic E-state index is -0.0738. The third kappa shape index (κ3) is 2.81. The van der Waals surface area contributed by atoms with Crippen LogP contribution in [-0.2, 0) is 0 Å². The molecule has 0 fully saturated rings. The molecule has 5 nitrogen and oxygen atoms in total. The van der Waals surface area contributed by atoms with Crippen LogP contribution in [-0.4, -0.2) is 15.8 Å². The molecule has 6 heteroatoms. The molecule has 134 valence electrons. The maximum atomic E-state index is 13.2. The van der Waals surface area contributed by atoms with Crippen molar-refractivity contribution in [2.75, 3.05) is 5.73 Å². The molecule has 0 spiro atoms. The van der Waals surface area contributed by atoms with Crippen molar-refractivity contribution in [2.24, 2.45) is 4.40 Å². The number of hydrogen-bond donors (Lipinski definition) is 2. The van der Waals surface area contributed by atoms with Crippen LogP contribution in [0.15, 0.2) is 70.7 Å². The highest BCUT2D eigenvalue weighted by Crippen LogP contribution is 2.27. The number of carbonyl (C=O) groups excluding carboxylic acids is 1. The minimum absolute atomic E-state index is 0.0738. The van der Waals surface area contributed by atoms with Gasteiger partial charge in [-0.3, -0.25) is 4.79 Å². The highest BCUT2D eigenvalue weighted by atomic mass is 32.2. The van der Waals surface area contributed by atoms with E-state index in [4.69, 9.17) is 5.73 Å². The Bertz CT molecular complexity index is 1410. The summed E-state index contributed by atoms with van der Waals surface area (Å²) < 4.78 is 4.36. The molecule has 0 unspecified atom stereocenters. The molecular weight excluding hydrogens is 368 g/mol. The lowest BCUT2D eigenvalue weighted by atomic mass is 10.0. The maximum absolute atomic E-state index is 13.2. The van der Waals surface area contributed by atoms with Crippen molar-refractivity contribution in [3.05, 3.63) is 88.0 Å². The van der Waals surface area contributed by atoms with E-state index in [2.05, 4.69) is 20.1 Å². The van der Waals surface area contributed by atoms with Gasteiger partial charge in [-0.25, -0.2) is 9.38 Å². The Morgan fingerprint density at radius 1 is 1.11 bits per heavy atom. The minimum Gasteiger partial charge on any atom is -0.399 e. The normalized spacial score (nSPS) is 12.3. The van der Waals surface area contributed by atoms with Crippen LogP contribution >= 0.6 is 11.9 Å². The van der Waals surface area contributed by atoms with E-state index in [0.29, 0.717) is 22.5 Å². The number of ketones is 1. The van der Waals surface area contributed by atoms with Crippen LogP contribution in [0.1, 0.15) is 15.9 Å². The third-order valence-electron chi connectivity index (χ3n) is 4.67. The maximum Gasteiger partial charge on any atom is 0.195 e. The summed E-state index contributed by atoms with van der Waals surface area (Å²) in [6, 6.07) is 15.1. The number of hydrogen-bond acceptors (Lipinski definition) is 5. The van der Waals surface area contributed by atoms with Crippen molar-refractivity contribution >= 4 is 40.2 Å². The zero-order chi connectivity index (χ0) is 19.1. The molecule has 0 saturated carbocycles. The van der Waals surface area contributed by atoms with E-state index in [1.807, 2.05) is 42.5 Å².